The minimum Gasteiger partial charge on any atom is -0.345 e. The first-order valence-electron chi connectivity index (χ1n) is 11.8. The zero-order valence-corrected chi connectivity index (χ0v) is 20.4. The van der Waals surface area contributed by atoms with Crippen LogP contribution in [0.25, 0.3) is 27.8 Å². The van der Waals surface area contributed by atoms with Crippen molar-refractivity contribution < 1.29 is 4.79 Å². The molecule has 1 unspecified atom stereocenters. The molecule has 0 aliphatic heterocycles. The highest BCUT2D eigenvalue weighted by Crippen LogP contribution is 2.29. The molecule has 0 saturated heterocycles. The van der Waals surface area contributed by atoms with Crippen molar-refractivity contribution in [2.24, 2.45) is 0 Å². The van der Waals surface area contributed by atoms with E-state index in [0.717, 1.165) is 44.7 Å². The molecule has 0 bridgehead atoms. The average Bonchev–Trinajstić information content (AvgIpc) is 3.25. The number of hydrogen-bond donors (Lipinski definition) is 1. The number of aromatic nitrogens is 3. The third-order valence-electron chi connectivity index (χ3n) is 6.42. The van der Waals surface area contributed by atoms with E-state index < -0.39 is 0 Å². The van der Waals surface area contributed by atoms with Gasteiger partial charge < -0.3 is 5.32 Å². The van der Waals surface area contributed by atoms with Crippen LogP contribution >= 0.6 is 0 Å². The monoisotopic (exact) mass is 460 g/mol. The molecule has 5 nitrogen and oxygen atoms in total. The number of benzene rings is 3. The number of rotatable bonds is 5. The molecular weight excluding hydrogens is 432 g/mol. The van der Waals surface area contributed by atoms with Gasteiger partial charge in [0.25, 0.3) is 5.91 Å². The van der Waals surface area contributed by atoms with Crippen LogP contribution in [-0.2, 0) is 0 Å². The summed E-state index contributed by atoms with van der Waals surface area (Å²) in [6, 6.07) is 26.0. The topological polar surface area (TPSA) is 59.8 Å². The summed E-state index contributed by atoms with van der Waals surface area (Å²) in [7, 11) is 0. The van der Waals surface area contributed by atoms with E-state index in [2.05, 4.69) is 41.6 Å². The van der Waals surface area contributed by atoms with Crippen LogP contribution in [0.1, 0.15) is 45.7 Å². The lowest BCUT2D eigenvalue weighted by Crippen LogP contribution is -2.27. The first-order valence-corrected chi connectivity index (χ1v) is 11.8. The lowest BCUT2D eigenvalue weighted by molar-refractivity contribution is 0.0941. The van der Waals surface area contributed by atoms with Crippen molar-refractivity contribution in [1.82, 2.24) is 20.1 Å². The molecule has 0 saturated carbocycles. The fraction of sp³-hybridized carbons (Fsp3) is 0.167. The van der Waals surface area contributed by atoms with Crippen LogP contribution in [-0.4, -0.2) is 20.7 Å². The Morgan fingerprint density at radius 2 is 1.60 bits per heavy atom. The Bertz CT molecular complexity index is 1520. The van der Waals surface area contributed by atoms with Gasteiger partial charge in [-0.25, -0.2) is 9.67 Å². The Labute approximate surface area is 205 Å². The summed E-state index contributed by atoms with van der Waals surface area (Å²) >= 11 is 0. The van der Waals surface area contributed by atoms with E-state index >= 15 is 0 Å². The Morgan fingerprint density at radius 3 is 2.34 bits per heavy atom. The van der Waals surface area contributed by atoms with Crippen LogP contribution in [0.5, 0.6) is 0 Å². The van der Waals surface area contributed by atoms with Gasteiger partial charge in [0.15, 0.2) is 0 Å². The van der Waals surface area contributed by atoms with Crippen molar-refractivity contribution in [1.29, 1.82) is 0 Å². The van der Waals surface area contributed by atoms with Crippen LogP contribution in [0.15, 0.2) is 85.1 Å². The smallest absolute Gasteiger partial charge is 0.252 e. The van der Waals surface area contributed by atoms with Crippen LogP contribution in [0, 0.1) is 20.8 Å². The molecule has 174 valence electrons. The van der Waals surface area contributed by atoms with Gasteiger partial charge in [-0.05, 0) is 63.6 Å². The zero-order chi connectivity index (χ0) is 24.5. The molecule has 0 aliphatic rings. The summed E-state index contributed by atoms with van der Waals surface area (Å²) in [5.41, 5.74) is 8.33. The number of carbonyl (C=O) groups excluding carboxylic acids is 1. The second-order valence-electron chi connectivity index (χ2n) is 9.07. The maximum absolute atomic E-state index is 13.5. The minimum absolute atomic E-state index is 0.119. The van der Waals surface area contributed by atoms with Gasteiger partial charge in [0, 0.05) is 10.9 Å². The Balaban J connectivity index is 1.58. The van der Waals surface area contributed by atoms with Gasteiger partial charge >= 0.3 is 0 Å². The largest absolute Gasteiger partial charge is 0.345 e. The standard InChI is InChI=1S/C30H28N4O/c1-19-10-13-24(14-11-19)34-22(4)27(18-31-34)29-17-26(25-16-20(2)12-15-28(25)33-29)30(35)32-21(3)23-8-6-5-7-9-23/h5-18,21H,1-4H3,(H,32,35). The summed E-state index contributed by atoms with van der Waals surface area (Å²) < 4.78 is 1.91. The molecule has 5 heteroatoms. The number of amides is 1. The van der Waals surface area contributed by atoms with Crippen molar-refractivity contribution in [3.63, 3.8) is 0 Å². The number of aryl methyl sites for hydroxylation is 2. The number of hydrogen-bond acceptors (Lipinski definition) is 3. The predicted octanol–water partition coefficient (Wildman–Crippen LogP) is 6.50. The number of carbonyl (C=O) groups is 1. The third-order valence-corrected chi connectivity index (χ3v) is 6.42. The fourth-order valence-electron chi connectivity index (χ4n) is 4.37. The van der Waals surface area contributed by atoms with Gasteiger partial charge in [-0.15, -0.1) is 0 Å². The van der Waals surface area contributed by atoms with Crippen LogP contribution in [0.3, 0.4) is 0 Å². The van der Waals surface area contributed by atoms with Gasteiger partial charge in [-0.1, -0.05) is 59.7 Å². The molecule has 0 aliphatic carbocycles. The first kappa shape index (κ1) is 22.5. The van der Waals surface area contributed by atoms with Crippen molar-refractivity contribution in [3.8, 4) is 16.9 Å². The minimum atomic E-state index is -0.121. The molecule has 5 aromatic rings. The Morgan fingerprint density at radius 1 is 0.886 bits per heavy atom. The summed E-state index contributed by atoms with van der Waals surface area (Å²) in [6.07, 6.45) is 1.83. The molecule has 5 rings (SSSR count). The molecule has 3 aromatic carbocycles. The lowest BCUT2D eigenvalue weighted by Gasteiger charge is -2.16. The summed E-state index contributed by atoms with van der Waals surface area (Å²) in [5.74, 6) is -0.121. The van der Waals surface area contributed by atoms with E-state index in [4.69, 9.17) is 4.98 Å². The highest BCUT2D eigenvalue weighted by molar-refractivity contribution is 6.07. The maximum Gasteiger partial charge on any atom is 0.252 e. The van der Waals surface area contributed by atoms with Crippen LogP contribution in [0.2, 0.25) is 0 Å². The van der Waals surface area contributed by atoms with Crippen molar-refractivity contribution >= 4 is 16.8 Å². The van der Waals surface area contributed by atoms with E-state index in [-0.39, 0.29) is 11.9 Å². The normalized spacial score (nSPS) is 12.0. The first-order chi connectivity index (χ1) is 16.9. The SMILES string of the molecule is Cc1ccc(-n2ncc(-c3cc(C(=O)NC(C)c4ccccc4)c4cc(C)ccc4n3)c2C)cc1. The number of fused-ring (bicyclic) bond motifs is 1. The van der Waals surface area contributed by atoms with Gasteiger partial charge in [-0.2, -0.15) is 5.10 Å². The molecule has 0 spiro atoms. The zero-order valence-electron chi connectivity index (χ0n) is 20.4. The average molecular weight is 461 g/mol. The number of nitrogens with zero attached hydrogens (tertiary/aromatic N) is 3. The molecule has 2 heterocycles. The highest BCUT2D eigenvalue weighted by Gasteiger charge is 2.19. The highest BCUT2D eigenvalue weighted by atomic mass is 16.1. The maximum atomic E-state index is 13.5. The molecule has 1 N–H and O–H groups in total. The second kappa shape index (κ2) is 9.18. The molecular formula is C30H28N4O. The quantitative estimate of drug-likeness (QED) is 0.325. The summed E-state index contributed by atoms with van der Waals surface area (Å²) in [6.45, 7) is 8.12. The number of nitrogens with one attached hydrogen (secondary N) is 1. The number of pyridine rings is 1. The van der Waals surface area contributed by atoms with Gasteiger partial charge in [0.1, 0.15) is 0 Å². The summed E-state index contributed by atoms with van der Waals surface area (Å²) in [5, 5.41) is 8.63. The second-order valence-corrected chi connectivity index (χ2v) is 9.07. The van der Waals surface area contributed by atoms with E-state index in [0.29, 0.717) is 5.56 Å². The lowest BCUT2D eigenvalue weighted by atomic mass is 10.0. The van der Waals surface area contributed by atoms with Crippen molar-refractivity contribution in [2.45, 2.75) is 33.7 Å². The van der Waals surface area contributed by atoms with Gasteiger partial charge in [-0.3, -0.25) is 4.79 Å². The fourth-order valence-corrected chi connectivity index (χ4v) is 4.37. The summed E-state index contributed by atoms with van der Waals surface area (Å²) in [4.78, 5) is 18.4. The Hall–Kier alpha value is -4.25. The van der Waals surface area contributed by atoms with E-state index in [1.165, 1.54) is 5.56 Å². The van der Waals surface area contributed by atoms with Gasteiger partial charge in [0.05, 0.1) is 40.4 Å². The molecule has 35 heavy (non-hydrogen) atoms. The van der Waals surface area contributed by atoms with E-state index in [9.17, 15) is 4.79 Å². The Kier molecular flexibility index (Phi) is 5.91. The molecule has 1 amide bonds. The molecule has 0 radical (unpaired) electrons. The molecule has 1 atom stereocenters. The molecule has 2 aromatic heterocycles. The van der Waals surface area contributed by atoms with Gasteiger partial charge in [0.2, 0.25) is 0 Å². The predicted molar refractivity (Wildman–Crippen MR) is 141 cm³/mol. The molecule has 0 fully saturated rings. The van der Waals surface area contributed by atoms with E-state index in [1.807, 2.05) is 86.2 Å². The van der Waals surface area contributed by atoms with E-state index in [1.54, 1.807) is 0 Å². The van der Waals surface area contributed by atoms with Crippen LogP contribution in [0.4, 0.5) is 0 Å². The van der Waals surface area contributed by atoms with Crippen LogP contribution < -0.4 is 5.32 Å². The van der Waals surface area contributed by atoms with Crippen molar-refractivity contribution in [3.05, 3.63) is 113 Å². The third kappa shape index (κ3) is 4.45. The van der Waals surface area contributed by atoms with Crippen molar-refractivity contribution in [2.75, 3.05) is 0 Å².